The third-order valence-corrected chi connectivity index (χ3v) is 5.11. The van der Waals surface area contributed by atoms with Gasteiger partial charge in [0.05, 0.1) is 16.3 Å². The summed E-state index contributed by atoms with van der Waals surface area (Å²) in [5, 5.41) is 19.3. The van der Waals surface area contributed by atoms with Crippen LogP contribution in [0.1, 0.15) is 24.3 Å². The van der Waals surface area contributed by atoms with Crippen molar-refractivity contribution in [1.29, 1.82) is 0 Å². The number of para-hydroxylation sites is 1. The van der Waals surface area contributed by atoms with E-state index in [9.17, 15) is 9.90 Å². The molecule has 1 aromatic carbocycles. The lowest BCUT2D eigenvalue weighted by molar-refractivity contribution is -0.137. The largest absolute Gasteiger partial charge is 0.493 e. The number of nitrogens with zero attached hydrogens (tertiary/aromatic N) is 2. The molecule has 5 nitrogen and oxygen atoms in total. The first kappa shape index (κ1) is 16.6. The van der Waals surface area contributed by atoms with Gasteiger partial charge in [-0.25, -0.2) is 0 Å². The summed E-state index contributed by atoms with van der Waals surface area (Å²) in [5.41, 5.74) is 3.79. The summed E-state index contributed by atoms with van der Waals surface area (Å²) >= 11 is 6.37. The lowest BCUT2D eigenvalue weighted by Crippen LogP contribution is -2.08. The lowest BCUT2D eigenvalue weighted by Gasteiger charge is -2.08. The number of aromatic hydroxyl groups is 1. The van der Waals surface area contributed by atoms with Gasteiger partial charge in [0.1, 0.15) is 6.54 Å². The highest BCUT2D eigenvalue weighted by molar-refractivity contribution is 7.73. The van der Waals surface area contributed by atoms with Crippen LogP contribution in [0.15, 0.2) is 29.3 Å². The number of carbonyl (C=O) groups is 1. The number of rotatable bonds is 4. The predicted octanol–water partition coefficient (Wildman–Crippen LogP) is 4.35. The molecule has 2 heterocycles. The second-order valence-electron chi connectivity index (χ2n) is 5.76. The molecule has 0 amide bonds. The van der Waals surface area contributed by atoms with Crippen LogP contribution in [-0.2, 0) is 11.3 Å². The molecule has 0 bridgehead atoms. The summed E-state index contributed by atoms with van der Waals surface area (Å²) < 4.78 is 1.55. The van der Waals surface area contributed by atoms with Crippen LogP contribution in [0.25, 0.3) is 11.6 Å². The quantitative estimate of drug-likeness (QED) is 0.795. The standard InChI is InChI=1S/C17H16N2O3S2/c1-9(2)15-11(10-5-3-4-6-12(10)18-15)7-13-16(22)19(8-14(20)21)17(23)24-13/h3-7,9,22H,8H2,1-2H3,(H,20,21). The molecule has 1 aliphatic heterocycles. The van der Waals surface area contributed by atoms with Gasteiger partial charge in [0.15, 0.2) is 3.95 Å². The van der Waals surface area contributed by atoms with Gasteiger partial charge in [-0.05, 0) is 30.3 Å². The van der Waals surface area contributed by atoms with Crippen molar-refractivity contribution in [2.75, 3.05) is 0 Å². The second kappa shape index (κ2) is 6.33. The van der Waals surface area contributed by atoms with E-state index in [-0.39, 0.29) is 18.3 Å². The van der Waals surface area contributed by atoms with E-state index in [4.69, 9.17) is 17.3 Å². The highest BCUT2D eigenvalue weighted by atomic mass is 32.1. The fourth-order valence-corrected chi connectivity index (χ4v) is 3.88. The van der Waals surface area contributed by atoms with E-state index in [1.165, 1.54) is 15.9 Å². The number of carboxylic acid groups (broad SMARTS) is 1. The molecule has 0 atom stereocenters. The van der Waals surface area contributed by atoms with Crippen molar-refractivity contribution in [2.45, 2.75) is 20.4 Å². The molecule has 7 heteroatoms. The van der Waals surface area contributed by atoms with Gasteiger partial charge >= 0.3 is 5.97 Å². The third-order valence-electron chi connectivity index (χ3n) is 3.72. The average Bonchev–Trinajstić information content (AvgIpc) is 3.01. The molecule has 0 saturated heterocycles. The lowest BCUT2D eigenvalue weighted by atomic mass is 9.95. The Morgan fingerprint density at radius 2 is 2.12 bits per heavy atom. The van der Waals surface area contributed by atoms with Crippen LogP contribution >= 0.6 is 23.6 Å². The van der Waals surface area contributed by atoms with Crippen molar-refractivity contribution < 1.29 is 15.0 Å². The molecule has 0 unspecified atom stereocenters. The molecule has 124 valence electrons. The minimum absolute atomic E-state index is 0.118. The maximum absolute atomic E-state index is 10.9. The molecule has 1 aliphatic rings. The van der Waals surface area contributed by atoms with E-state index in [0.29, 0.717) is 8.83 Å². The van der Waals surface area contributed by atoms with Gasteiger partial charge in [-0.15, -0.1) is 11.3 Å². The Hall–Kier alpha value is -2.25. The Morgan fingerprint density at radius 1 is 1.42 bits per heavy atom. The fraction of sp³-hybridized carbons (Fsp3) is 0.235. The van der Waals surface area contributed by atoms with Crippen LogP contribution in [0.4, 0.5) is 5.69 Å². The zero-order chi connectivity index (χ0) is 17.4. The number of carboxylic acids is 1. The number of aliphatic carboxylic acids is 1. The molecule has 3 rings (SSSR count). The number of benzene rings is 1. The first-order chi connectivity index (χ1) is 11.4. The Bertz CT molecular complexity index is 936. The third kappa shape index (κ3) is 2.92. The van der Waals surface area contributed by atoms with Gasteiger partial charge in [-0.3, -0.25) is 14.4 Å². The van der Waals surface area contributed by atoms with E-state index >= 15 is 0 Å². The summed E-state index contributed by atoms with van der Waals surface area (Å²) in [4.78, 5) is 16.1. The highest BCUT2D eigenvalue weighted by Crippen LogP contribution is 2.40. The summed E-state index contributed by atoms with van der Waals surface area (Å²) in [5.74, 6) is -0.943. The Labute approximate surface area is 148 Å². The van der Waals surface area contributed by atoms with E-state index in [1.807, 2.05) is 30.3 Å². The van der Waals surface area contributed by atoms with Crippen molar-refractivity contribution in [2.24, 2.45) is 10.9 Å². The van der Waals surface area contributed by atoms with Gasteiger partial charge in [0.25, 0.3) is 0 Å². The minimum atomic E-state index is -1.05. The van der Waals surface area contributed by atoms with Crippen molar-refractivity contribution in [3.8, 4) is 5.88 Å². The van der Waals surface area contributed by atoms with Gasteiger partial charge in [0, 0.05) is 11.1 Å². The number of thiazole rings is 1. The van der Waals surface area contributed by atoms with Crippen LogP contribution in [0, 0.1) is 9.87 Å². The minimum Gasteiger partial charge on any atom is -0.493 e. The molecule has 0 saturated carbocycles. The van der Waals surface area contributed by atoms with Gasteiger partial charge in [-0.1, -0.05) is 32.0 Å². The molecule has 0 aliphatic carbocycles. The van der Waals surface area contributed by atoms with Crippen molar-refractivity contribution in [3.05, 3.63) is 38.7 Å². The van der Waals surface area contributed by atoms with Gasteiger partial charge in [0.2, 0.25) is 5.88 Å². The van der Waals surface area contributed by atoms with E-state index in [2.05, 4.69) is 18.8 Å². The second-order valence-corrected chi connectivity index (χ2v) is 7.44. The number of hydrogen-bond donors (Lipinski definition) is 2. The molecule has 2 aromatic rings. The van der Waals surface area contributed by atoms with Gasteiger partial charge in [-0.2, -0.15) is 0 Å². The van der Waals surface area contributed by atoms with E-state index < -0.39 is 5.97 Å². The first-order valence-corrected chi connectivity index (χ1v) is 8.65. The van der Waals surface area contributed by atoms with Crippen LogP contribution < -0.4 is 0 Å². The Balaban J connectivity index is 2.13. The van der Waals surface area contributed by atoms with E-state index in [1.54, 1.807) is 0 Å². The summed E-state index contributed by atoms with van der Waals surface area (Å²) in [6.07, 6.45) is 1.85. The smallest absolute Gasteiger partial charge is 0.323 e. The Morgan fingerprint density at radius 3 is 2.79 bits per heavy atom. The molecular weight excluding hydrogens is 344 g/mol. The number of aliphatic imine (C=N–C) groups is 1. The zero-order valence-electron chi connectivity index (χ0n) is 13.2. The maximum Gasteiger partial charge on any atom is 0.323 e. The van der Waals surface area contributed by atoms with Crippen LogP contribution in [0.2, 0.25) is 0 Å². The summed E-state index contributed by atoms with van der Waals surface area (Å²) in [6, 6.07) is 7.83. The van der Waals surface area contributed by atoms with Crippen molar-refractivity contribution in [3.63, 3.8) is 0 Å². The zero-order valence-corrected chi connectivity index (χ0v) is 14.8. The number of fused-ring (bicyclic) bond motifs is 1. The van der Waals surface area contributed by atoms with Crippen LogP contribution in [0.3, 0.4) is 0 Å². The molecule has 0 spiro atoms. The predicted molar refractivity (Wildman–Crippen MR) is 98.7 cm³/mol. The summed E-state index contributed by atoms with van der Waals surface area (Å²) in [7, 11) is 0. The van der Waals surface area contributed by atoms with Crippen molar-refractivity contribution in [1.82, 2.24) is 4.57 Å². The molecule has 24 heavy (non-hydrogen) atoms. The van der Waals surface area contributed by atoms with Crippen LogP contribution in [-0.4, -0.2) is 26.5 Å². The average molecular weight is 360 g/mol. The monoisotopic (exact) mass is 360 g/mol. The molecule has 2 N–H and O–H groups in total. The SMILES string of the molecule is CC(C)C1=Nc2ccccc2C1=Cc1sc(=S)n(CC(=O)O)c1O. The van der Waals surface area contributed by atoms with Crippen molar-refractivity contribution >= 4 is 52.6 Å². The normalized spacial score (nSPS) is 15.0. The molecule has 0 radical (unpaired) electrons. The first-order valence-electron chi connectivity index (χ1n) is 7.43. The summed E-state index contributed by atoms with van der Waals surface area (Å²) in [6.45, 7) is 3.78. The molecule has 1 aromatic heterocycles. The maximum atomic E-state index is 10.9. The van der Waals surface area contributed by atoms with Crippen LogP contribution in [0.5, 0.6) is 5.88 Å². The topological polar surface area (TPSA) is 74.8 Å². The highest BCUT2D eigenvalue weighted by Gasteiger charge is 2.24. The Kier molecular flexibility index (Phi) is 4.38. The molecular formula is C17H16N2O3S2. The van der Waals surface area contributed by atoms with E-state index in [0.717, 1.165) is 22.5 Å². The molecule has 0 fully saturated rings. The number of aromatic nitrogens is 1. The number of allylic oxidation sites excluding steroid dienone is 1. The van der Waals surface area contributed by atoms with Gasteiger partial charge < -0.3 is 10.2 Å². The fourth-order valence-electron chi connectivity index (χ4n) is 2.63. The number of hydrogen-bond acceptors (Lipinski definition) is 5.